The van der Waals surface area contributed by atoms with Crippen molar-refractivity contribution < 1.29 is 19.1 Å². The molecule has 1 spiro atoms. The number of methoxy groups -OCH3 is 1. The highest BCUT2D eigenvalue weighted by molar-refractivity contribution is 6.31. The Morgan fingerprint density at radius 2 is 2.03 bits per heavy atom. The molecule has 32 heavy (non-hydrogen) atoms. The lowest BCUT2D eigenvalue weighted by atomic mass is 9.72. The normalized spacial score (nSPS) is 23.3. The molecule has 2 saturated heterocycles. The fourth-order valence-electron chi connectivity index (χ4n) is 4.70. The van der Waals surface area contributed by atoms with E-state index >= 15 is 0 Å². The lowest BCUT2D eigenvalue weighted by Crippen LogP contribution is -2.59. The van der Waals surface area contributed by atoms with Crippen molar-refractivity contribution in [2.24, 2.45) is 5.41 Å². The highest BCUT2D eigenvalue weighted by atomic mass is 35.5. The molecule has 1 amide bonds. The minimum Gasteiger partial charge on any atom is -0.488 e. The zero-order valence-electron chi connectivity index (χ0n) is 17.9. The first-order chi connectivity index (χ1) is 15.4. The molecule has 0 radical (unpaired) electrons. The van der Waals surface area contributed by atoms with Gasteiger partial charge in [0, 0.05) is 29.6 Å². The molecule has 2 atom stereocenters. The Labute approximate surface area is 197 Å². The molecule has 2 aliphatic rings. The molecule has 8 heteroatoms. The first kappa shape index (κ1) is 22.9. The fourth-order valence-corrected chi connectivity index (χ4v) is 5.09. The molecule has 2 aromatic rings. The van der Waals surface area contributed by atoms with E-state index in [4.69, 9.17) is 32.7 Å². The topological polar surface area (TPSA) is 67.9 Å². The third-order valence-corrected chi connectivity index (χ3v) is 6.63. The van der Waals surface area contributed by atoms with Crippen LogP contribution in [0.4, 0.5) is 0 Å². The van der Waals surface area contributed by atoms with Crippen molar-refractivity contribution in [3.8, 4) is 5.75 Å². The third-order valence-electron chi connectivity index (χ3n) is 6.16. The van der Waals surface area contributed by atoms with Crippen LogP contribution < -0.4 is 10.1 Å². The van der Waals surface area contributed by atoms with E-state index in [2.05, 4.69) is 5.32 Å². The predicted octanol–water partition coefficient (Wildman–Crippen LogP) is 4.33. The van der Waals surface area contributed by atoms with Crippen molar-refractivity contribution in [1.29, 1.82) is 0 Å². The van der Waals surface area contributed by atoms with Gasteiger partial charge >= 0.3 is 5.97 Å². The predicted molar refractivity (Wildman–Crippen MR) is 123 cm³/mol. The quantitative estimate of drug-likeness (QED) is 0.650. The van der Waals surface area contributed by atoms with Crippen LogP contribution in [0.15, 0.2) is 42.5 Å². The lowest BCUT2D eigenvalue weighted by molar-refractivity contribution is -0.153. The molecule has 2 heterocycles. The standard InChI is InChI=1S/C24H26Cl2N2O4/c1-31-22(29)20-11-18(26)6-7-21(20)32-19-12-24(8-3-9-27-15-24)23(30)28(14-19)13-16-4-2-5-17(25)10-16/h2,4-7,10-11,19,27H,3,8-9,12-15H2,1H3/t19-,24-/m1/s1. The summed E-state index contributed by atoms with van der Waals surface area (Å²) in [5.74, 6) is 0.0234. The molecule has 2 aliphatic heterocycles. The van der Waals surface area contributed by atoms with Crippen LogP contribution in [-0.2, 0) is 16.1 Å². The van der Waals surface area contributed by atoms with Crippen LogP contribution in [0.3, 0.4) is 0 Å². The van der Waals surface area contributed by atoms with Crippen LogP contribution in [0, 0.1) is 5.41 Å². The number of hydrogen-bond acceptors (Lipinski definition) is 5. The number of rotatable bonds is 5. The fraction of sp³-hybridized carbons (Fsp3) is 0.417. The summed E-state index contributed by atoms with van der Waals surface area (Å²) < 4.78 is 11.2. The molecule has 0 aromatic heterocycles. The van der Waals surface area contributed by atoms with Crippen LogP contribution in [0.5, 0.6) is 5.75 Å². The number of nitrogens with zero attached hydrogens (tertiary/aromatic N) is 1. The monoisotopic (exact) mass is 476 g/mol. The highest BCUT2D eigenvalue weighted by Crippen LogP contribution is 2.39. The molecule has 0 saturated carbocycles. The van der Waals surface area contributed by atoms with Crippen LogP contribution in [-0.4, -0.2) is 49.6 Å². The van der Waals surface area contributed by atoms with Gasteiger partial charge in [-0.3, -0.25) is 4.79 Å². The van der Waals surface area contributed by atoms with Crippen LogP contribution >= 0.6 is 23.2 Å². The van der Waals surface area contributed by atoms with Gasteiger partial charge in [0.25, 0.3) is 0 Å². The summed E-state index contributed by atoms with van der Waals surface area (Å²) in [6.45, 7) is 2.38. The van der Waals surface area contributed by atoms with E-state index in [1.165, 1.54) is 7.11 Å². The Kier molecular flexibility index (Phi) is 6.93. The van der Waals surface area contributed by atoms with Gasteiger partial charge < -0.3 is 19.7 Å². The molecule has 2 fully saturated rings. The number of nitrogens with one attached hydrogen (secondary N) is 1. The number of benzene rings is 2. The molecule has 4 rings (SSSR count). The Morgan fingerprint density at radius 1 is 1.22 bits per heavy atom. The van der Waals surface area contributed by atoms with Crippen molar-refractivity contribution in [3.05, 3.63) is 63.6 Å². The van der Waals surface area contributed by atoms with Gasteiger partial charge in [-0.05, 0) is 55.3 Å². The molecule has 6 nitrogen and oxygen atoms in total. The average Bonchev–Trinajstić information content (AvgIpc) is 2.78. The first-order valence-corrected chi connectivity index (χ1v) is 11.4. The van der Waals surface area contributed by atoms with Crippen molar-refractivity contribution in [3.63, 3.8) is 0 Å². The number of carbonyl (C=O) groups is 2. The molecule has 0 aliphatic carbocycles. The Hall–Kier alpha value is -2.28. The van der Waals surface area contributed by atoms with E-state index in [-0.39, 0.29) is 17.6 Å². The van der Waals surface area contributed by atoms with Crippen molar-refractivity contribution >= 4 is 35.1 Å². The number of ether oxygens (including phenoxy) is 2. The second-order valence-corrected chi connectivity index (χ2v) is 9.33. The smallest absolute Gasteiger partial charge is 0.341 e. The number of hydrogen-bond donors (Lipinski definition) is 1. The summed E-state index contributed by atoms with van der Waals surface area (Å²) in [5.41, 5.74) is 0.707. The molecule has 170 valence electrons. The highest BCUT2D eigenvalue weighted by Gasteiger charge is 2.48. The minimum atomic E-state index is -0.530. The molecule has 0 bridgehead atoms. The number of amides is 1. The van der Waals surface area contributed by atoms with Gasteiger partial charge in [-0.1, -0.05) is 35.3 Å². The number of piperidine rings is 2. The average molecular weight is 477 g/mol. The largest absolute Gasteiger partial charge is 0.488 e. The zero-order chi connectivity index (χ0) is 22.7. The molecule has 0 unspecified atom stereocenters. The summed E-state index contributed by atoms with van der Waals surface area (Å²) >= 11 is 12.2. The number of likely N-dealkylation sites (tertiary alicyclic amines) is 1. The van der Waals surface area contributed by atoms with Crippen molar-refractivity contribution in [2.45, 2.75) is 31.9 Å². The van der Waals surface area contributed by atoms with E-state index < -0.39 is 11.4 Å². The van der Waals surface area contributed by atoms with Crippen molar-refractivity contribution in [1.82, 2.24) is 10.2 Å². The summed E-state index contributed by atoms with van der Waals surface area (Å²) in [7, 11) is 1.32. The van der Waals surface area contributed by atoms with Gasteiger partial charge in [0.05, 0.1) is 19.1 Å². The van der Waals surface area contributed by atoms with Crippen LogP contribution in [0.2, 0.25) is 10.0 Å². The molecular formula is C24H26Cl2N2O4. The maximum atomic E-state index is 13.6. The van der Waals surface area contributed by atoms with Gasteiger partial charge in [-0.25, -0.2) is 4.79 Å². The summed E-state index contributed by atoms with van der Waals surface area (Å²) in [5, 5.41) is 4.44. The molecule has 1 N–H and O–H groups in total. The Balaban J connectivity index is 1.62. The van der Waals surface area contributed by atoms with E-state index in [1.54, 1.807) is 18.2 Å². The molecule has 2 aromatic carbocycles. The lowest BCUT2D eigenvalue weighted by Gasteiger charge is -2.47. The Morgan fingerprint density at radius 3 is 2.75 bits per heavy atom. The van der Waals surface area contributed by atoms with Gasteiger partial charge in [0.15, 0.2) is 0 Å². The Bertz CT molecular complexity index is 1010. The zero-order valence-corrected chi connectivity index (χ0v) is 19.4. The summed E-state index contributed by atoms with van der Waals surface area (Å²) in [4.78, 5) is 27.7. The van der Waals surface area contributed by atoms with Gasteiger partial charge in [0.1, 0.15) is 17.4 Å². The van der Waals surface area contributed by atoms with E-state index in [0.717, 1.165) is 24.9 Å². The van der Waals surface area contributed by atoms with Gasteiger partial charge in [0.2, 0.25) is 5.91 Å². The minimum absolute atomic E-state index is 0.133. The van der Waals surface area contributed by atoms with E-state index in [1.807, 2.05) is 29.2 Å². The van der Waals surface area contributed by atoms with Crippen LogP contribution in [0.25, 0.3) is 0 Å². The maximum Gasteiger partial charge on any atom is 0.341 e. The van der Waals surface area contributed by atoms with Crippen LogP contribution in [0.1, 0.15) is 35.2 Å². The second kappa shape index (κ2) is 9.69. The van der Waals surface area contributed by atoms with Gasteiger partial charge in [-0.15, -0.1) is 0 Å². The third kappa shape index (κ3) is 4.87. The van der Waals surface area contributed by atoms with Crippen molar-refractivity contribution in [2.75, 3.05) is 26.7 Å². The molecular weight excluding hydrogens is 451 g/mol. The summed E-state index contributed by atoms with van der Waals surface area (Å²) in [6, 6.07) is 12.4. The SMILES string of the molecule is COC(=O)c1cc(Cl)ccc1O[C@H]1CN(Cc2cccc(Cl)c2)C(=O)[C@]2(CCCNC2)C1. The maximum absolute atomic E-state index is 13.6. The first-order valence-electron chi connectivity index (χ1n) is 10.7. The second-order valence-electron chi connectivity index (χ2n) is 8.45. The number of halogens is 2. The van der Waals surface area contributed by atoms with E-state index in [0.29, 0.717) is 41.8 Å². The summed E-state index contributed by atoms with van der Waals surface area (Å²) in [6.07, 6.45) is 2.03. The van der Waals surface area contributed by atoms with Gasteiger partial charge in [-0.2, -0.15) is 0 Å². The van der Waals surface area contributed by atoms with E-state index in [9.17, 15) is 9.59 Å². The number of carbonyl (C=O) groups excluding carboxylic acids is 2. The number of esters is 1.